The molecule has 4 aromatic rings. The number of non-ortho nitro benzene ring substituents is 1. The van der Waals surface area contributed by atoms with Gasteiger partial charge in [-0.2, -0.15) is 5.10 Å². The number of benzene rings is 3. The third kappa shape index (κ3) is 4.82. The van der Waals surface area contributed by atoms with Gasteiger partial charge >= 0.3 is 0 Å². The summed E-state index contributed by atoms with van der Waals surface area (Å²) >= 11 is 4.59. The Morgan fingerprint density at radius 2 is 1.97 bits per heavy atom. The van der Waals surface area contributed by atoms with Gasteiger partial charge in [0, 0.05) is 17.7 Å². The summed E-state index contributed by atoms with van der Waals surface area (Å²) in [7, 11) is 0. The van der Waals surface area contributed by atoms with Crippen LogP contribution in [0.15, 0.2) is 75.2 Å². The number of halogens is 1. The number of aliphatic imine (C=N–C) groups is 1. The van der Waals surface area contributed by atoms with Gasteiger partial charge < -0.3 is 5.11 Å². The molecule has 0 unspecified atom stereocenters. The van der Waals surface area contributed by atoms with Gasteiger partial charge in [-0.15, -0.1) is 11.3 Å². The van der Waals surface area contributed by atoms with Crippen LogP contribution in [0.3, 0.4) is 0 Å². The van der Waals surface area contributed by atoms with Gasteiger partial charge in [-0.1, -0.05) is 29.8 Å². The molecule has 8 nitrogen and oxygen atoms in total. The van der Waals surface area contributed by atoms with Crippen molar-refractivity contribution in [2.75, 3.05) is 0 Å². The van der Waals surface area contributed by atoms with E-state index in [0.717, 1.165) is 15.8 Å². The minimum Gasteiger partial charge on any atom is -0.506 e. The smallest absolute Gasteiger partial charge is 0.271 e. The Kier molecular flexibility index (Phi) is 6.24. The van der Waals surface area contributed by atoms with E-state index in [1.807, 2.05) is 55.5 Å². The Morgan fingerprint density at radius 3 is 2.69 bits per heavy atom. The van der Waals surface area contributed by atoms with Gasteiger partial charge in [0.2, 0.25) is 0 Å². The molecule has 0 aliphatic rings. The summed E-state index contributed by atoms with van der Waals surface area (Å²) in [5, 5.41) is 26.1. The van der Waals surface area contributed by atoms with Crippen LogP contribution in [-0.4, -0.2) is 27.1 Å². The number of hydrogen-bond donors (Lipinski definition) is 2. The van der Waals surface area contributed by atoms with E-state index in [0.29, 0.717) is 16.5 Å². The van der Waals surface area contributed by atoms with Gasteiger partial charge in [-0.05, 0) is 47.1 Å². The monoisotopic (exact) mass is 509 g/mol. The maximum absolute atomic E-state index is 11.1. The van der Waals surface area contributed by atoms with Crippen molar-refractivity contribution in [1.29, 1.82) is 0 Å². The lowest BCUT2D eigenvalue weighted by molar-refractivity contribution is -0.385. The number of hydrazone groups is 1. The van der Waals surface area contributed by atoms with Crippen molar-refractivity contribution in [2.24, 2.45) is 10.1 Å². The molecule has 2 N–H and O–H groups in total. The number of nitrogens with one attached hydrogen (secondary N) is 1. The largest absolute Gasteiger partial charge is 0.506 e. The number of amidine groups is 1. The number of hydrogen-bond acceptors (Lipinski definition) is 7. The first-order chi connectivity index (χ1) is 15.4. The summed E-state index contributed by atoms with van der Waals surface area (Å²) < 4.78 is 1.21. The number of thiazole rings is 1. The van der Waals surface area contributed by atoms with Crippen LogP contribution in [0.2, 0.25) is 0 Å². The SMILES string of the molecule is Cc1ccc(N=C(NN=Cc2cc([N+](=O)[O-])cc(Br)c2O)c2nc3ccccc3s2)cc1. The number of rotatable bonds is 5. The summed E-state index contributed by atoms with van der Waals surface area (Å²) in [6.07, 6.45) is 1.30. The molecule has 10 heteroatoms. The molecule has 0 aliphatic carbocycles. The molecule has 32 heavy (non-hydrogen) atoms. The number of para-hydroxylation sites is 1. The van der Waals surface area contributed by atoms with E-state index in [2.05, 4.69) is 36.4 Å². The lowest BCUT2D eigenvalue weighted by atomic mass is 10.2. The molecule has 0 amide bonds. The summed E-state index contributed by atoms with van der Waals surface area (Å²) in [5.74, 6) is 0.258. The Morgan fingerprint density at radius 1 is 1.22 bits per heavy atom. The van der Waals surface area contributed by atoms with Crippen LogP contribution in [0, 0.1) is 17.0 Å². The molecule has 160 valence electrons. The van der Waals surface area contributed by atoms with Crippen LogP contribution in [0.5, 0.6) is 5.75 Å². The van der Waals surface area contributed by atoms with Gasteiger partial charge in [0.15, 0.2) is 10.8 Å². The Balaban J connectivity index is 1.70. The quantitative estimate of drug-likeness (QED) is 0.155. The molecule has 0 aliphatic heterocycles. The predicted molar refractivity (Wildman–Crippen MR) is 130 cm³/mol. The molecular weight excluding hydrogens is 494 g/mol. The lowest BCUT2D eigenvalue weighted by Crippen LogP contribution is -2.18. The van der Waals surface area contributed by atoms with Crippen molar-refractivity contribution in [2.45, 2.75) is 6.92 Å². The molecule has 0 saturated carbocycles. The number of phenolic OH excluding ortho intramolecular Hbond substituents is 1. The van der Waals surface area contributed by atoms with Gasteiger partial charge in [-0.25, -0.2) is 9.98 Å². The number of nitrogens with zero attached hydrogens (tertiary/aromatic N) is 4. The van der Waals surface area contributed by atoms with Gasteiger partial charge in [-0.3, -0.25) is 15.5 Å². The second-order valence-corrected chi connectivity index (χ2v) is 8.66. The highest BCUT2D eigenvalue weighted by atomic mass is 79.9. The lowest BCUT2D eigenvalue weighted by Gasteiger charge is -2.05. The highest BCUT2D eigenvalue weighted by Gasteiger charge is 2.14. The number of aromatic hydroxyl groups is 1. The first-order valence-corrected chi connectivity index (χ1v) is 11.0. The zero-order valence-corrected chi connectivity index (χ0v) is 19.1. The van der Waals surface area contributed by atoms with Crippen LogP contribution in [0.25, 0.3) is 10.2 Å². The standard InChI is InChI=1S/C22H16BrN5O3S/c1-13-6-8-15(9-7-13)25-21(22-26-18-4-2-3-5-19(18)32-22)27-24-12-14-10-16(28(30)31)11-17(23)20(14)29/h2-12,29H,1H3,(H,25,27). The summed E-state index contributed by atoms with van der Waals surface area (Å²) in [6, 6.07) is 17.9. The molecule has 3 aromatic carbocycles. The number of aromatic nitrogens is 1. The molecule has 4 rings (SSSR count). The second kappa shape index (κ2) is 9.25. The summed E-state index contributed by atoms with van der Waals surface area (Å²) in [6.45, 7) is 1.99. The molecule has 0 bridgehead atoms. The van der Waals surface area contributed by atoms with E-state index in [-0.39, 0.29) is 21.5 Å². The van der Waals surface area contributed by atoms with E-state index in [1.165, 1.54) is 29.7 Å². The zero-order chi connectivity index (χ0) is 22.7. The fourth-order valence-electron chi connectivity index (χ4n) is 2.81. The van der Waals surface area contributed by atoms with Crippen LogP contribution in [-0.2, 0) is 0 Å². The third-order valence-electron chi connectivity index (χ3n) is 4.43. The summed E-state index contributed by atoms with van der Waals surface area (Å²) in [4.78, 5) is 19.8. The number of phenols is 1. The van der Waals surface area contributed by atoms with Crippen molar-refractivity contribution in [3.05, 3.63) is 91.4 Å². The van der Waals surface area contributed by atoms with Gasteiger partial charge in [0.25, 0.3) is 5.69 Å². The third-order valence-corrected chi connectivity index (χ3v) is 6.08. The average Bonchev–Trinajstić information content (AvgIpc) is 3.21. The van der Waals surface area contributed by atoms with Crippen LogP contribution >= 0.6 is 27.3 Å². The first kappa shape index (κ1) is 21.6. The van der Waals surface area contributed by atoms with Crippen molar-refractivity contribution in [1.82, 2.24) is 10.4 Å². The topological polar surface area (TPSA) is 113 Å². The number of nitro groups is 1. The van der Waals surface area contributed by atoms with E-state index in [1.54, 1.807) is 0 Å². The molecular formula is C22H16BrN5O3S. The van der Waals surface area contributed by atoms with Crippen LogP contribution in [0.4, 0.5) is 11.4 Å². The maximum atomic E-state index is 11.1. The summed E-state index contributed by atoms with van der Waals surface area (Å²) in [5.41, 5.74) is 5.56. The minimum atomic E-state index is -0.541. The molecule has 0 saturated heterocycles. The van der Waals surface area contributed by atoms with Crippen molar-refractivity contribution in [3.8, 4) is 5.75 Å². The Labute approximate surface area is 195 Å². The second-order valence-electron chi connectivity index (χ2n) is 6.78. The first-order valence-electron chi connectivity index (χ1n) is 9.38. The Hall–Kier alpha value is -3.63. The molecule has 1 aromatic heterocycles. The molecule has 0 spiro atoms. The molecule has 0 atom stereocenters. The van der Waals surface area contributed by atoms with Crippen LogP contribution in [0.1, 0.15) is 16.1 Å². The highest BCUT2D eigenvalue weighted by molar-refractivity contribution is 9.10. The van der Waals surface area contributed by atoms with E-state index >= 15 is 0 Å². The van der Waals surface area contributed by atoms with Gasteiger partial charge in [0.05, 0.1) is 31.5 Å². The Bertz CT molecular complexity index is 1330. The number of fused-ring (bicyclic) bond motifs is 1. The van der Waals surface area contributed by atoms with Crippen molar-refractivity contribution >= 4 is 60.9 Å². The fourth-order valence-corrected chi connectivity index (χ4v) is 4.18. The molecule has 0 radical (unpaired) electrons. The zero-order valence-electron chi connectivity index (χ0n) is 16.7. The minimum absolute atomic E-state index is 0.154. The van der Waals surface area contributed by atoms with Crippen LogP contribution < -0.4 is 5.43 Å². The molecule has 1 heterocycles. The normalized spacial score (nSPS) is 11.9. The molecule has 0 fully saturated rings. The fraction of sp³-hybridized carbons (Fsp3) is 0.0455. The highest BCUT2D eigenvalue weighted by Crippen LogP contribution is 2.31. The van der Waals surface area contributed by atoms with Crippen molar-refractivity contribution < 1.29 is 10.0 Å². The van der Waals surface area contributed by atoms with E-state index < -0.39 is 4.92 Å². The predicted octanol–water partition coefficient (Wildman–Crippen LogP) is 5.68. The van der Waals surface area contributed by atoms with E-state index in [4.69, 9.17) is 0 Å². The maximum Gasteiger partial charge on any atom is 0.271 e. The number of nitro benzene ring substituents is 1. The van der Waals surface area contributed by atoms with E-state index in [9.17, 15) is 15.2 Å². The van der Waals surface area contributed by atoms with Crippen molar-refractivity contribution in [3.63, 3.8) is 0 Å². The average molecular weight is 510 g/mol. The number of aryl methyl sites for hydroxylation is 1. The van der Waals surface area contributed by atoms with Gasteiger partial charge in [0.1, 0.15) is 5.75 Å².